The smallest absolute Gasteiger partial charge is 0.410 e. The van der Waals surface area contributed by atoms with Gasteiger partial charge < -0.3 is 25.2 Å². The van der Waals surface area contributed by atoms with Gasteiger partial charge in [0.05, 0.1) is 0 Å². The Morgan fingerprint density at radius 1 is 1.17 bits per heavy atom. The molecule has 0 spiro atoms. The lowest BCUT2D eigenvalue weighted by Crippen LogP contribution is -2.39. The summed E-state index contributed by atoms with van der Waals surface area (Å²) < 4.78 is 5.43. The van der Waals surface area contributed by atoms with Gasteiger partial charge in [-0.2, -0.15) is 0 Å². The molecule has 0 aromatic rings. The van der Waals surface area contributed by atoms with Crippen molar-refractivity contribution < 1.29 is 14.3 Å². The number of carbonyl (C=O) groups is 2. The van der Waals surface area contributed by atoms with Gasteiger partial charge in [0.2, 0.25) is 5.91 Å². The molecule has 0 aromatic heterocycles. The largest absolute Gasteiger partial charge is 0.444 e. The monoisotopic (exact) mass is 342 g/mol. The minimum atomic E-state index is -0.469. The minimum Gasteiger partial charge on any atom is -0.444 e. The van der Waals surface area contributed by atoms with Crippen molar-refractivity contribution in [3.05, 3.63) is 0 Å². The van der Waals surface area contributed by atoms with Crippen LogP contribution in [-0.4, -0.2) is 85.2 Å². The van der Waals surface area contributed by atoms with Crippen molar-refractivity contribution in [1.82, 2.24) is 14.7 Å². The highest BCUT2D eigenvalue weighted by Crippen LogP contribution is 2.12. The van der Waals surface area contributed by atoms with Crippen LogP contribution in [0.5, 0.6) is 0 Å². The number of hydrogen-bond acceptors (Lipinski definition) is 5. The summed E-state index contributed by atoms with van der Waals surface area (Å²) in [5, 5.41) is 0. The van der Waals surface area contributed by atoms with Crippen molar-refractivity contribution >= 4 is 12.0 Å². The number of nitrogens with zero attached hydrogens (tertiary/aromatic N) is 3. The summed E-state index contributed by atoms with van der Waals surface area (Å²) in [5.41, 5.74) is 5.00. The van der Waals surface area contributed by atoms with Crippen LogP contribution < -0.4 is 5.73 Å². The van der Waals surface area contributed by atoms with Crippen LogP contribution in [0.15, 0.2) is 0 Å². The van der Waals surface area contributed by atoms with Crippen LogP contribution in [0, 0.1) is 0 Å². The van der Waals surface area contributed by atoms with E-state index in [4.69, 9.17) is 10.5 Å². The Hall–Kier alpha value is -1.34. The first-order valence-corrected chi connectivity index (χ1v) is 8.87. The highest BCUT2D eigenvalue weighted by molar-refractivity contribution is 5.76. The maximum Gasteiger partial charge on any atom is 0.410 e. The van der Waals surface area contributed by atoms with Crippen molar-refractivity contribution in [2.24, 2.45) is 5.73 Å². The van der Waals surface area contributed by atoms with Crippen molar-refractivity contribution in [2.75, 3.05) is 52.9 Å². The predicted molar refractivity (Wildman–Crippen MR) is 94.8 cm³/mol. The van der Waals surface area contributed by atoms with Crippen LogP contribution >= 0.6 is 0 Å². The van der Waals surface area contributed by atoms with Crippen LogP contribution in [0.25, 0.3) is 0 Å². The second kappa shape index (κ2) is 9.84. The maximum absolute atomic E-state index is 12.1. The minimum absolute atomic E-state index is 0.150. The fraction of sp³-hybridized carbons (Fsp3) is 0.882. The summed E-state index contributed by atoms with van der Waals surface area (Å²) in [5.74, 6) is 0.150. The zero-order valence-electron chi connectivity index (χ0n) is 15.7. The predicted octanol–water partition coefficient (Wildman–Crippen LogP) is 1.13. The van der Waals surface area contributed by atoms with Crippen LogP contribution in [0.4, 0.5) is 4.79 Å². The quantitative estimate of drug-likeness (QED) is 0.783. The third-order valence-corrected chi connectivity index (χ3v) is 4.01. The average Bonchev–Trinajstić information content (AvgIpc) is 2.74. The molecule has 0 radical (unpaired) electrons. The normalized spacial score (nSPS) is 16.6. The van der Waals surface area contributed by atoms with E-state index in [1.54, 1.807) is 9.80 Å². The maximum atomic E-state index is 12.1. The van der Waals surface area contributed by atoms with Gasteiger partial charge in [-0.25, -0.2) is 4.79 Å². The molecular formula is C17H34N4O3. The van der Waals surface area contributed by atoms with Crippen molar-refractivity contribution in [1.29, 1.82) is 0 Å². The molecule has 1 aliphatic rings. The lowest BCUT2D eigenvalue weighted by molar-refractivity contribution is -0.130. The van der Waals surface area contributed by atoms with Gasteiger partial charge in [0.1, 0.15) is 5.60 Å². The van der Waals surface area contributed by atoms with Gasteiger partial charge in [-0.15, -0.1) is 0 Å². The molecule has 1 fully saturated rings. The summed E-state index contributed by atoms with van der Waals surface area (Å²) in [6.45, 7) is 10.7. The molecule has 2 amide bonds. The molecule has 1 aliphatic heterocycles. The molecule has 2 N–H and O–H groups in total. The average molecular weight is 342 g/mol. The Balaban J connectivity index is 2.35. The molecular weight excluding hydrogens is 308 g/mol. The molecule has 140 valence electrons. The molecule has 1 heterocycles. The molecule has 0 atom stereocenters. The zero-order chi connectivity index (χ0) is 18.2. The van der Waals surface area contributed by atoms with E-state index >= 15 is 0 Å². The Morgan fingerprint density at radius 3 is 2.50 bits per heavy atom. The summed E-state index contributed by atoms with van der Waals surface area (Å²) in [6.07, 6.45) is 1.99. The van der Waals surface area contributed by atoms with E-state index in [1.807, 2.05) is 27.8 Å². The summed E-state index contributed by atoms with van der Waals surface area (Å²) in [6, 6.07) is 0. The molecule has 24 heavy (non-hydrogen) atoms. The number of ether oxygens (including phenoxy) is 1. The number of amides is 2. The van der Waals surface area contributed by atoms with Gasteiger partial charge in [0.15, 0.2) is 0 Å². The van der Waals surface area contributed by atoms with Crippen molar-refractivity contribution in [3.63, 3.8) is 0 Å². The van der Waals surface area contributed by atoms with E-state index in [0.29, 0.717) is 32.6 Å². The summed E-state index contributed by atoms with van der Waals surface area (Å²) >= 11 is 0. The van der Waals surface area contributed by atoms with Gasteiger partial charge in [-0.3, -0.25) is 4.79 Å². The molecule has 7 nitrogen and oxygen atoms in total. The number of rotatable bonds is 6. The third kappa shape index (κ3) is 7.97. The van der Waals surface area contributed by atoms with E-state index < -0.39 is 5.60 Å². The van der Waals surface area contributed by atoms with E-state index in [9.17, 15) is 9.59 Å². The van der Waals surface area contributed by atoms with Crippen LogP contribution in [-0.2, 0) is 9.53 Å². The molecule has 1 rings (SSSR count). The molecule has 0 bridgehead atoms. The first-order chi connectivity index (χ1) is 11.2. The SMILES string of the molecule is CN(CCCN)C(=O)CCN1CCCN(C(=O)OC(C)(C)C)CC1. The van der Waals surface area contributed by atoms with Crippen LogP contribution in [0.2, 0.25) is 0 Å². The van der Waals surface area contributed by atoms with Crippen LogP contribution in [0.3, 0.4) is 0 Å². The molecule has 7 heteroatoms. The number of hydrogen-bond donors (Lipinski definition) is 1. The molecule has 0 aliphatic carbocycles. The van der Waals surface area contributed by atoms with E-state index in [1.165, 1.54) is 0 Å². The standard InChI is InChI=1S/C17H34N4O3/c1-17(2,3)24-16(23)21-11-6-10-20(13-14-21)12-7-15(22)19(4)9-5-8-18/h5-14,18H2,1-4H3. The summed E-state index contributed by atoms with van der Waals surface area (Å²) in [4.78, 5) is 30.0. The first-order valence-electron chi connectivity index (χ1n) is 8.87. The fourth-order valence-electron chi connectivity index (χ4n) is 2.60. The van der Waals surface area contributed by atoms with E-state index in [-0.39, 0.29) is 12.0 Å². The van der Waals surface area contributed by atoms with Crippen molar-refractivity contribution in [2.45, 2.75) is 45.6 Å². The van der Waals surface area contributed by atoms with Gasteiger partial charge in [0, 0.05) is 46.2 Å². The summed E-state index contributed by atoms with van der Waals surface area (Å²) in [7, 11) is 1.82. The fourth-order valence-corrected chi connectivity index (χ4v) is 2.60. The van der Waals surface area contributed by atoms with E-state index in [2.05, 4.69) is 4.90 Å². The molecule has 0 aromatic carbocycles. The van der Waals surface area contributed by atoms with Crippen molar-refractivity contribution in [3.8, 4) is 0 Å². The highest BCUT2D eigenvalue weighted by atomic mass is 16.6. The molecule has 0 saturated carbocycles. The lowest BCUT2D eigenvalue weighted by Gasteiger charge is -2.26. The Bertz CT molecular complexity index is 409. The van der Waals surface area contributed by atoms with Gasteiger partial charge >= 0.3 is 6.09 Å². The number of carbonyl (C=O) groups excluding carboxylic acids is 2. The zero-order valence-corrected chi connectivity index (χ0v) is 15.7. The lowest BCUT2D eigenvalue weighted by atomic mass is 10.2. The first kappa shape index (κ1) is 20.7. The van der Waals surface area contributed by atoms with E-state index in [0.717, 1.165) is 32.5 Å². The molecule has 1 saturated heterocycles. The second-order valence-electron chi connectivity index (χ2n) is 7.37. The highest BCUT2D eigenvalue weighted by Gasteiger charge is 2.24. The van der Waals surface area contributed by atoms with Gasteiger partial charge in [0.25, 0.3) is 0 Å². The van der Waals surface area contributed by atoms with Gasteiger partial charge in [-0.1, -0.05) is 0 Å². The second-order valence-corrected chi connectivity index (χ2v) is 7.37. The third-order valence-electron chi connectivity index (χ3n) is 4.01. The topological polar surface area (TPSA) is 79.1 Å². The van der Waals surface area contributed by atoms with Crippen LogP contribution in [0.1, 0.15) is 40.0 Å². The molecule has 0 unspecified atom stereocenters. The Labute approximate surface area is 146 Å². The van der Waals surface area contributed by atoms with Gasteiger partial charge in [-0.05, 0) is 46.7 Å². The Kier molecular flexibility index (Phi) is 8.48. The Morgan fingerprint density at radius 2 is 1.88 bits per heavy atom. The number of nitrogens with two attached hydrogens (primary N) is 1.